The molecule has 4 heteroatoms. The van der Waals surface area contributed by atoms with Gasteiger partial charge in [0.2, 0.25) is 0 Å². The van der Waals surface area contributed by atoms with Gasteiger partial charge in [0, 0.05) is 5.54 Å². The van der Waals surface area contributed by atoms with Crippen LogP contribution in [-0.2, 0) is 6.42 Å². The second-order valence-electron chi connectivity index (χ2n) is 4.70. The van der Waals surface area contributed by atoms with E-state index in [1.807, 2.05) is 20.8 Å². The number of hydrogen-bond donors (Lipinski definition) is 2. The summed E-state index contributed by atoms with van der Waals surface area (Å²) in [5, 5.41) is 10.1. The molecule has 0 radical (unpaired) electrons. The van der Waals surface area contributed by atoms with Crippen molar-refractivity contribution in [2.24, 2.45) is 5.73 Å². The van der Waals surface area contributed by atoms with Crippen molar-refractivity contribution in [3.8, 4) is 11.5 Å². The normalized spacial score (nSPS) is 11.6. The Hall–Kier alpha value is -0.930. The summed E-state index contributed by atoms with van der Waals surface area (Å²) in [7, 11) is 1.50. The summed E-state index contributed by atoms with van der Waals surface area (Å²) in [6, 6.07) is 1.77. The highest BCUT2D eigenvalue weighted by molar-refractivity contribution is 6.33. The third kappa shape index (κ3) is 2.80. The van der Waals surface area contributed by atoms with Crippen LogP contribution in [0, 0.1) is 6.92 Å². The summed E-state index contributed by atoms with van der Waals surface area (Å²) in [4.78, 5) is 0. The largest absolute Gasteiger partial charge is 0.503 e. The van der Waals surface area contributed by atoms with E-state index in [0.717, 1.165) is 11.1 Å². The standard InChI is InChI=1S/C12H18ClNO2/c1-7-5-9(16-4)11(15)10(13)8(7)6-12(2,3)14/h5,15H,6,14H2,1-4H3. The molecule has 0 saturated carbocycles. The number of rotatable bonds is 3. The van der Waals surface area contributed by atoms with Crippen LogP contribution in [0.5, 0.6) is 11.5 Å². The number of hydrogen-bond acceptors (Lipinski definition) is 3. The van der Waals surface area contributed by atoms with Gasteiger partial charge in [0.1, 0.15) is 0 Å². The first-order chi connectivity index (χ1) is 7.26. The van der Waals surface area contributed by atoms with Crippen LogP contribution in [0.25, 0.3) is 0 Å². The minimum absolute atomic E-state index is 0.0194. The van der Waals surface area contributed by atoms with E-state index in [1.165, 1.54) is 7.11 Å². The van der Waals surface area contributed by atoms with Crippen LogP contribution in [0.1, 0.15) is 25.0 Å². The molecule has 1 rings (SSSR count). The third-order valence-corrected chi connectivity index (χ3v) is 2.79. The van der Waals surface area contributed by atoms with Crippen molar-refractivity contribution in [2.75, 3.05) is 7.11 Å². The van der Waals surface area contributed by atoms with Gasteiger partial charge in [-0.25, -0.2) is 0 Å². The molecule has 0 aliphatic rings. The number of aromatic hydroxyl groups is 1. The fraction of sp³-hybridized carbons (Fsp3) is 0.500. The molecule has 0 fully saturated rings. The molecule has 90 valence electrons. The van der Waals surface area contributed by atoms with Crippen molar-refractivity contribution in [2.45, 2.75) is 32.7 Å². The highest BCUT2D eigenvalue weighted by atomic mass is 35.5. The van der Waals surface area contributed by atoms with Gasteiger partial charge < -0.3 is 15.6 Å². The Morgan fingerprint density at radius 1 is 1.50 bits per heavy atom. The molecule has 0 aromatic heterocycles. The summed E-state index contributed by atoms with van der Waals surface area (Å²) in [5.74, 6) is 0.370. The van der Waals surface area contributed by atoms with Crippen LogP contribution in [0.3, 0.4) is 0 Å². The number of phenolic OH excluding ortho intramolecular Hbond substituents is 1. The van der Waals surface area contributed by atoms with Gasteiger partial charge in [-0.2, -0.15) is 0 Å². The molecular formula is C12H18ClNO2. The Morgan fingerprint density at radius 2 is 2.06 bits per heavy atom. The molecule has 1 aromatic rings. The Morgan fingerprint density at radius 3 is 2.50 bits per heavy atom. The summed E-state index contributed by atoms with van der Waals surface area (Å²) < 4.78 is 5.03. The SMILES string of the molecule is COc1cc(C)c(CC(C)(C)N)c(Cl)c1O. The molecule has 1 aromatic carbocycles. The minimum atomic E-state index is -0.366. The molecule has 0 spiro atoms. The van der Waals surface area contributed by atoms with Crippen molar-refractivity contribution in [3.05, 3.63) is 22.2 Å². The number of benzene rings is 1. The lowest BCUT2D eigenvalue weighted by molar-refractivity contribution is 0.372. The smallest absolute Gasteiger partial charge is 0.177 e. The van der Waals surface area contributed by atoms with Gasteiger partial charge in [0.25, 0.3) is 0 Å². The van der Waals surface area contributed by atoms with Crippen molar-refractivity contribution in [1.82, 2.24) is 0 Å². The highest BCUT2D eigenvalue weighted by Gasteiger charge is 2.20. The topological polar surface area (TPSA) is 55.5 Å². The molecule has 3 N–H and O–H groups in total. The van der Waals surface area contributed by atoms with Crippen LogP contribution in [-0.4, -0.2) is 17.8 Å². The third-order valence-electron chi connectivity index (χ3n) is 2.38. The number of aryl methyl sites for hydroxylation is 1. The first kappa shape index (κ1) is 13.1. The van der Waals surface area contributed by atoms with Crippen molar-refractivity contribution in [1.29, 1.82) is 0 Å². The molecule has 0 amide bonds. The van der Waals surface area contributed by atoms with Crippen LogP contribution in [0.2, 0.25) is 5.02 Å². The highest BCUT2D eigenvalue weighted by Crippen LogP contribution is 2.39. The molecule has 0 atom stereocenters. The van der Waals surface area contributed by atoms with Crippen molar-refractivity contribution in [3.63, 3.8) is 0 Å². The molecule has 0 bridgehead atoms. The second kappa shape index (κ2) is 4.52. The Labute approximate surface area is 101 Å². The molecule has 0 heterocycles. The lowest BCUT2D eigenvalue weighted by Crippen LogP contribution is -2.34. The van der Waals surface area contributed by atoms with Gasteiger partial charge in [-0.3, -0.25) is 0 Å². The molecule has 16 heavy (non-hydrogen) atoms. The van der Waals surface area contributed by atoms with E-state index >= 15 is 0 Å². The van der Waals surface area contributed by atoms with Crippen LogP contribution >= 0.6 is 11.6 Å². The summed E-state index contributed by atoms with van der Waals surface area (Å²) in [6.07, 6.45) is 0.606. The molecule has 3 nitrogen and oxygen atoms in total. The average Bonchev–Trinajstić information content (AvgIpc) is 2.17. The van der Waals surface area contributed by atoms with Gasteiger partial charge >= 0.3 is 0 Å². The lowest BCUT2D eigenvalue weighted by atomic mass is 9.93. The van der Waals surface area contributed by atoms with E-state index in [4.69, 9.17) is 22.1 Å². The zero-order chi connectivity index (χ0) is 12.5. The van der Waals surface area contributed by atoms with Gasteiger partial charge in [0.05, 0.1) is 12.1 Å². The predicted octanol–water partition coefficient (Wildman–Crippen LogP) is 2.64. The fourth-order valence-corrected chi connectivity index (χ4v) is 1.91. The maximum Gasteiger partial charge on any atom is 0.177 e. The van der Waals surface area contributed by atoms with Crippen LogP contribution in [0.4, 0.5) is 0 Å². The van der Waals surface area contributed by atoms with E-state index in [2.05, 4.69) is 0 Å². The molecular weight excluding hydrogens is 226 g/mol. The van der Waals surface area contributed by atoms with Crippen molar-refractivity contribution >= 4 is 11.6 Å². The number of methoxy groups -OCH3 is 1. The summed E-state index contributed by atoms with van der Waals surface area (Å²) in [5.41, 5.74) is 7.43. The number of halogens is 1. The minimum Gasteiger partial charge on any atom is -0.503 e. The number of phenols is 1. The first-order valence-corrected chi connectivity index (χ1v) is 5.48. The molecule has 0 unspecified atom stereocenters. The van der Waals surface area contributed by atoms with E-state index < -0.39 is 0 Å². The maximum absolute atomic E-state index is 9.80. The Kier molecular flexibility index (Phi) is 3.71. The molecule has 0 saturated heterocycles. The van der Waals surface area contributed by atoms with Gasteiger partial charge in [0.15, 0.2) is 11.5 Å². The summed E-state index contributed by atoms with van der Waals surface area (Å²) in [6.45, 7) is 5.77. The zero-order valence-corrected chi connectivity index (χ0v) is 10.9. The van der Waals surface area contributed by atoms with E-state index in [0.29, 0.717) is 17.2 Å². The number of ether oxygens (including phenoxy) is 1. The van der Waals surface area contributed by atoms with E-state index in [-0.39, 0.29) is 11.3 Å². The number of nitrogens with two attached hydrogens (primary N) is 1. The zero-order valence-electron chi connectivity index (χ0n) is 10.1. The Balaban J connectivity index is 3.26. The van der Waals surface area contributed by atoms with Crippen LogP contribution < -0.4 is 10.5 Å². The van der Waals surface area contributed by atoms with Gasteiger partial charge in [-0.1, -0.05) is 11.6 Å². The quantitative estimate of drug-likeness (QED) is 0.858. The first-order valence-electron chi connectivity index (χ1n) is 5.10. The maximum atomic E-state index is 9.80. The lowest BCUT2D eigenvalue weighted by Gasteiger charge is -2.21. The van der Waals surface area contributed by atoms with Crippen LogP contribution in [0.15, 0.2) is 6.07 Å². The van der Waals surface area contributed by atoms with Gasteiger partial charge in [-0.15, -0.1) is 0 Å². The summed E-state index contributed by atoms with van der Waals surface area (Å²) >= 11 is 6.10. The van der Waals surface area contributed by atoms with E-state index in [9.17, 15) is 5.11 Å². The fourth-order valence-electron chi connectivity index (χ4n) is 1.60. The average molecular weight is 244 g/mol. The predicted molar refractivity (Wildman–Crippen MR) is 66.4 cm³/mol. The molecule has 0 aliphatic carbocycles. The van der Waals surface area contributed by atoms with Crippen molar-refractivity contribution < 1.29 is 9.84 Å². The Bertz CT molecular complexity index is 397. The van der Waals surface area contributed by atoms with E-state index in [1.54, 1.807) is 6.07 Å². The second-order valence-corrected chi connectivity index (χ2v) is 5.08. The van der Waals surface area contributed by atoms with Gasteiger partial charge in [-0.05, 0) is 44.4 Å². The molecule has 0 aliphatic heterocycles. The monoisotopic (exact) mass is 243 g/mol.